The molecule has 0 unspecified atom stereocenters. The number of allylic oxidation sites excluding steroid dienone is 1. The fraction of sp³-hybridized carbons (Fsp3) is 0.269. The van der Waals surface area contributed by atoms with Gasteiger partial charge < -0.3 is 4.90 Å². The molecule has 1 aliphatic carbocycles. The first-order valence-electron chi connectivity index (χ1n) is 10.7. The van der Waals surface area contributed by atoms with Crippen LogP contribution in [0.15, 0.2) is 54.6 Å². The lowest BCUT2D eigenvalue weighted by Gasteiger charge is -2.20. The van der Waals surface area contributed by atoms with Gasteiger partial charge in [0.05, 0.1) is 5.69 Å². The largest absolute Gasteiger partial charge is 0.356 e. The number of ketones is 1. The molecule has 0 radical (unpaired) electrons. The van der Waals surface area contributed by atoms with Crippen LogP contribution in [0.2, 0.25) is 0 Å². The van der Waals surface area contributed by atoms with E-state index in [1.807, 2.05) is 49.4 Å². The van der Waals surface area contributed by atoms with Gasteiger partial charge in [-0.05, 0) is 50.0 Å². The number of benzene rings is 2. The molecule has 0 saturated carbocycles. The first-order chi connectivity index (χ1) is 14.7. The van der Waals surface area contributed by atoms with Gasteiger partial charge in [-0.25, -0.2) is 9.97 Å². The average molecular weight is 396 g/mol. The van der Waals surface area contributed by atoms with Gasteiger partial charge in [-0.15, -0.1) is 0 Å². The second-order valence-corrected chi connectivity index (χ2v) is 8.21. The van der Waals surface area contributed by atoms with Crippen LogP contribution in [-0.2, 0) is 12.8 Å². The summed E-state index contributed by atoms with van der Waals surface area (Å²) in [5, 5.41) is 0. The summed E-state index contributed by atoms with van der Waals surface area (Å²) in [6.45, 7) is 4.14. The van der Waals surface area contributed by atoms with E-state index in [1.54, 1.807) is 0 Å². The maximum Gasteiger partial charge on any atom is 0.167 e. The van der Waals surface area contributed by atoms with Crippen molar-refractivity contribution in [1.82, 2.24) is 9.97 Å². The summed E-state index contributed by atoms with van der Waals surface area (Å²) < 4.78 is 0. The van der Waals surface area contributed by atoms with Crippen LogP contribution in [0.4, 0.5) is 5.82 Å². The number of carbonyl (C=O) groups is 1. The molecule has 0 spiro atoms. The van der Waals surface area contributed by atoms with Gasteiger partial charge in [0.25, 0.3) is 0 Å². The molecule has 4 nitrogen and oxygen atoms in total. The van der Waals surface area contributed by atoms with Crippen molar-refractivity contribution < 1.29 is 4.79 Å². The third kappa shape index (κ3) is 3.65. The van der Waals surface area contributed by atoms with Gasteiger partial charge in [-0.1, -0.05) is 48.0 Å². The molecule has 150 valence electrons. The lowest BCUT2D eigenvalue weighted by atomic mass is 10.00. The van der Waals surface area contributed by atoms with E-state index >= 15 is 0 Å². The Hall–Kier alpha value is -3.27. The summed E-state index contributed by atoms with van der Waals surface area (Å²) in [6, 6.07) is 15.9. The SMILES string of the molecule is Cc1cccc(C(=O)Cc2cccc(-c3nc4c(c(N5CCCC5)n3)CC=C4)c2)c1. The Morgan fingerprint density at radius 2 is 1.87 bits per heavy atom. The summed E-state index contributed by atoms with van der Waals surface area (Å²) >= 11 is 0. The molecule has 2 heterocycles. The summed E-state index contributed by atoms with van der Waals surface area (Å²) in [5.74, 6) is 1.96. The van der Waals surface area contributed by atoms with Crippen molar-refractivity contribution in [3.63, 3.8) is 0 Å². The van der Waals surface area contributed by atoms with Gasteiger partial charge in [-0.2, -0.15) is 0 Å². The van der Waals surface area contributed by atoms with Crippen LogP contribution < -0.4 is 4.90 Å². The first-order valence-corrected chi connectivity index (χ1v) is 10.7. The standard InChI is InChI=1S/C26H25N3O/c1-18-7-4-9-20(15-18)24(30)17-19-8-5-10-21(16-19)25-27-23-12-6-11-22(23)26(28-25)29-13-2-3-14-29/h4-10,12,15-16H,2-3,11,13-14,17H2,1H3. The highest BCUT2D eigenvalue weighted by atomic mass is 16.1. The van der Waals surface area contributed by atoms with Crippen LogP contribution in [0.5, 0.6) is 0 Å². The van der Waals surface area contributed by atoms with Crippen molar-refractivity contribution in [2.24, 2.45) is 0 Å². The third-order valence-corrected chi connectivity index (χ3v) is 5.91. The number of anilines is 1. The molecule has 0 N–H and O–H groups in total. The molecule has 0 amide bonds. The van der Waals surface area contributed by atoms with Crippen LogP contribution in [0.1, 0.15) is 45.6 Å². The molecule has 3 aromatic rings. The first kappa shape index (κ1) is 18.7. The molecule has 5 rings (SSSR count). The highest BCUT2D eigenvalue weighted by Crippen LogP contribution is 2.32. The number of aromatic nitrogens is 2. The summed E-state index contributed by atoms with van der Waals surface area (Å²) in [7, 11) is 0. The Morgan fingerprint density at radius 3 is 2.70 bits per heavy atom. The monoisotopic (exact) mass is 395 g/mol. The normalized spacial score (nSPS) is 14.9. The maximum atomic E-state index is 12.7. The number of fused-ring (bicyclic) bond motifs is 1. The number of nitrogens with zero attached hydrogens (tertiary/aromatic N) is 3. The Morgan fingerprint density at radius 1 is 1.03 bits per heavy atom. The van der Waals surface area contributed by atoms with Crippen molar-refractivity contribution in [2.75, 3.05) is 18.0 Å². The zero-order valence-electron chi connectivity index (χ0n) is 17.3. The van der Waals surface area contributed by atoms with Gasteiger partial charge in [0, 0.05) is 36.2 Å². The topological polar surface area (TPSA) is 46.1 Å². The molecule has 2 aliphatic rings. The lowest BCUT2D eigenvalue weighted by molar-refractivity contribution is 0.0993. The fourth-order valence-corrected chi connectivity index (χ4v) is 4.36. The fourth-order valence-electron chi connectivity index (χ4n) is 4.36. The third-order valence-electron chi connectivity index (χ3n) is 5.91. The van der Waals surface area contributed by atoms with E-state index in [4.69, 9.17) is 9.97 Å². The minimum Gasteiger partial charge on any atom is -0.356 e. The van der Waals surface area contributed by atoms with Crippen LogP contribution >= 0.6 is 0 Å². The van der Waals surface area contributed by atoms with Crippen LogP contribution in [-0.4, -0.2) is 28.8 Å². The molecule has 30 heavy (non-hydrogen) atoms. The molecule has 2 aromatic carbocycles. The molecule has 1 fully saturated rings. The smallest absolute Gasteiger partial charge is 0.167 e. The van der Waals surface area contributed by atoms with E-state index in [1.165, 1.54) is 18.4 Å². The van der Waals surface area contributed by atoms with Crippen molar-refractivity contribution in [3.8, 4) is 11.4 Å². The Labute approximate surface area is 177 Å². The van der Waals surface area contributed by atoms with Crippen molar-refractivity contribution in [2.45, 2.75) is 32.6 Å². The van der Waals surface area contributed by atoms with E-state index in [0.29, 0.717) is 6.42 Å². The van der Waals surface area contributed by atoms with Crippen LogP contribution in [0.25, 0.3) is 17.5 Å². The zero-order valence-corrected chi connectivity index (χ0v) is 17.3. The number of hydrogen-bond donors (Lipinski definition) is 0. The summed E-state index contributed by atoms with van der Waals surface area (Å²) in [6.07, 6.45) is 7.99. The van der Waals surface area contributed by atoms with Gasteiger partial charge >= 0.3 is 0 Å². The van der Waals surface area contributed by atoms with Crippen molar-refractivity contribution in [1.29, 1.82) is 0 Å². The molecular formula is C26H25N3O. The molecule has 4 heteroatoms. The van der Waals surface area contributed by atoms with Crippen LogP contribution in [0.3, 0.4) is 0 Å². The Kier molecular flexibility index (Phi) is 4.91. The highest BCUT2D eigenvalue weighted by molar-refractivity contribution is 5.97. The van der Waals surface area contributed by atoms with E-state index in [-0.39, 0.29) is 5.78 Å². The number of aryl methyl sites for hydroxylation is 1. The summed E-state index contributed by atoms with van der Waals surface area (Å²) in [4.78, 5) is 25.0. The number of hydrogen-bond acceptors (Lipinski definition) is 4. The predicted molar refractivity (Wildman–Crippen MR) is 121 cm³/mol. The van der Waals surface area contributed by atoms with Crippen LogP contribution in [0, 0.1) is 6.92 Å². The zero-order chi connectivity index (χ0) is 20.5. The summed E-state index contributed by atoms with van der Waals surface area (Å²) in [5.41, 5.74) is 6.09. The minimum absolute atomic E-state index is 0.131. The Balaban J connectivity index is 1.46. The second-order valence-electron chi connectivity index (χ2n) is 8.21. The quantitative estimate of drug-likeness (QED) is 0.568. The Bertz CT molecular complexity index is 1140. The van der Waals surface area contributed by atoms with Gasteiger partial charge in [-0.3, -0.25) is 4.79 Å². The van der Waals surface area contributed by atoms with E-state index in [0.717, 1.165) is 59.1 Å². The molecule has 1 aromatic heterocycles. The molecule has 0 atom stereocenters. The van der Waals surface area contributed by atoms with Gasteiger partial charge in [0.15, 0.2) is 11.6 Å². The number of rotatable bonds is 5. The minimum atomic E-state index is 0.131. The van der Waals surface area contributed by atoms with E-state index in [2.05, 4.69) is 23.1 Å². The molecule has 1 aliphatic heterocycles. The van der Waals surface area contributed by atoms with Gasteiger partial charge in [0.2, 0.25) is 0 Å². The van der Waals surface area contributed by atoms with Gasteiger partial charge in [0.1, 0.15) is 5.82 Å². The van der Waals surface area contributed by atoms with E-state index < -0.39 is 0 Å². The second kappa shape index (κ2) is 7.86. The number of carbonyl (C=O) groups excluding carboxylic acids is 1. The predicted octanol–water partition coefficient (Wildman–Crippen LogP) is 5.05. The molecule has 0 bridgehead atoms. The highest BCUT2D eigenvalue weighted by Gasteiger charge is 2.23. The average Bonchev–Trinajstić information content (AvgIpc) is 3.45. The van der Waals surface area contributed by atoms with E-state index in [9.17, 15) is 4.79 Å². The molecular weight excluding hydrogens is 370 g/mol. The lowest BCUT2D eigenvalue weighted by Crippen LogP contribution is -2.21. The van der Waals surface area contributed by atoms with Crippen molar-refractivity contribution >= 4 is 17.7 Å². The molecule has 1 saturated heterocycles. The van der Waals surface area contributed by atoms with Crippen molar-refractivity contribution in [3.05, 3.63) is 82.6 Å². The number of Topliss-reactive ketones (excluding diaryl/α,β-unsaturated/α-hetero) is 1. The maximum absolute atomic E-state index is 12.7.